The number of carboxylic acid groups (broad SMARTS) is 2. The summed E-state index contributed by atoms with van der Waals surface area (Å²) in [6, 6.07) is 10.1. The van der Waals surface area contributed by atoms with E-state index < -0.39 is 24.3 Å². The molecule has 3 N–H and O–H groups in total. The Kier molecular flexibility index (Phi) is 11.6. The summed E-state index contributed by atoms with van der Waals surface area (Å²) in [4.78, 5) is 32.6. The Morgan fingerprint density at radius 1 is 0.976 bits per heavy atom. The van der Waals surface area contributed by atoms with E-state index in [1.54, 1.807) is 17.9 Å². The molecule has 0 atom stereocenters. The van der Waals surface area contributed by atoms with Gasteiger partial charge in [0.25, 0.3) is 5.91 Å². The van der Waals surface area contributed by atoms with Crippen LogP contribution in [-0.4, -0.2) is 92.1 Å². The second-order valence-corrected chi connectivity index (χ2v) is 8.70. The lowest BCUT2D eigenvalue weighted by atomic mass is 9.99. The highest BCUT2D eigenvalue weighted by Crippen LogP contribution is 2.29. The summed E-state index contributed by atoms with van der Waals surface area (Å²) < 4.78 is 70.3. The minimum absolute atomic E-state index is 0.0216. The lowest BCUT2D eigenvalue weighted by molar-refractivity contribution is -0.193. The second kappa shape index (κ2) is 14.5. The van der Waals surface area contributed by atoms with E-state index in [1.165, 1.54) is 11.1 Å². The fourth-order valence-electron chi connectivity index (χ4n) is 3.69. The third-order valence-corrected chi connectivity index (χ3v) is 5.77. The molecule has 0 radical (unpaired) electrons. The first kappa shape index (κ1) is 33.8. The number of fused-ring (bicyclic) bond motifs is 1. The molecule has 0 unspecified atom stereocenters. The highest BCUT2D eigenvalue weighted by Gasteiger charge is 2.38. The topological polar surface area (TPSA) is 151 Å². The van der Waals surface area contributed by atoms with Crippen molar-refractivity contribution in [2.24, 2.45) is 0 Å². The maximum Gasteiger partial charge on any atom is 0.490 e. The Labute approximate surface area is 234 Å². The number of methoxy groups -OCH3 is 1. The van der Waals surface area contributed by atoms with Crippen molar-refractivity contribution in [2.75, 3.05) is 26.8 Å². The van der Waals surface area contributed by atoms with Gasteiger partial charge in [-0.3, -0.25) is 14.6 Å². The van der Waals surface area contributed by atoms with Gasteiger partial charge in [0.05, 0.1) is 18.8 Å². The Morgan fingerprint density at radius 2 is 1.55 bits per heavy atom. The molecule has 4 rings (SSSR count). The van der Waals surface area contributed by atoms with Crippen LogP contribution in [0.3, 0.4) is 0 Å². The SMILES string of the molecule is COCCn1ccc(C(=O)N2CCc3[nH]nc(-c4ccccc4C)c3CC2)n1.O=C(O)C(F)(F)F.O=C(O)C(F)(F)F. The summed E-state index contributed by atoms with van der Waals surface area (Å²) >= 11 is 0. The van der Waals surface area contributed by atoms with Crippen LogP contribution < -0.4 is 0 Å². The normalized spacial score (nSPS) is 13.1. The van der Waals surface area contributed by atoms with Gasteiger partial charge in [-0.05, 0) is 25.0 Å². The number of aliphatic carboxylic acids is 2. The summed E-state index contributed by atoms with van der Waals surface area (Å²) in [5, 5.41) is 26.4. The van der Waals surface area contributed by atoms with Crippen molar-refractivity contribution in [1.82, 2.24) is 24.9 Å². The van der Waals surface area contributed by atoms with Gasteiger partial charge < -0.3 is 19.8 Å². The highest BCUT2D eigenvalue weighted by atomic mass is 19.4. The smallest absolute Gasteiger partial charge is 0.475 e. The maximum absolute atomic E-state index is 12.9. The molecule has 1 aliphatic heterocycles. The molecule has 0 spiro atoms. The summed E-state index contributed by atoms with van der Waals surface area (Å²) in [6.07, 6.45) is -6.79. The molecule has 0 saturated heterocycles. The number of aryl methyl sites for hydroxylation is 1. The van der Waals surface area contributed by atoms with Gasteiger partial charge in [-0.25, -0.2) is 9.59 Å². The Balaban J connectivity index is 0.000000367. The Morgan fingerprint density at radius 3 is 2.10 bits per heavy atom. The summed E-state index contributed by atoms with van der Waals surface area (Å²) in [5.74, 6) is -5.54. The standard InChI is InChI=1S/C21H25N5O2.2C2HF3O2/c1-15-5-3-4-6-16(15)20-17-7-10-25(11-8-18(17)22-23-20)21(27)19-9-12-26(24-19)13-14-28-2;2*3-2(4,5)1(6)7/h3-6,9,12H,7-8,10-11,13-14H2,1-2H3,(H,22,23);2*(H,6,7). The van der Waals surface area contributed by atoms with Crippen LogP contribution in [0.2, 0.25) is 0 Å². The summed E-state index contributed by atoms with van der Waals surface area (Å²) in [5.41, 5.74) is 6.19. The largest absolute Gasteiger partial charge is 0.490 e. The molecular weight excluding hydrogens is 580 g/mol. The first-order chi connectivity index (χ1) is 19.6. The fourth-order valence-corrected chi connectivity index (χ4v) is 3.69. The molecule has 3 aromatic rings. The predicted molar refractivity (Wildman–Crippen MR) is 134 cm³/mol. The van der Waals surface area contributed by atoms with E-state index >= 15 is 0 Å². The average Bonchev–Trinajstić information content (AvgIpc) is 3.49. The maximum atomic E-state index is 12.9. The van der Waals surface area contributed by atoms with Gasteiger partial charge >= 0.3 is 24.3 Å². The fraction of sp³-hybridized carbons (Fsp3) is 0.400. The van der Waals surface area contributed by atoms with Gasteiger partial charge in [0.2, 0.25) is 0 Å². The van der Waals surface area contributed by atoms with Crippen LogP contribution in [0.4, 0.5) is 26.3 Å². The van der Waals surface area contributed by atoms with E-state index in [9.17, 15) is 31.1 Å². The average molecular weight is 608 g/mol. The Bertz CT molecular complexity index is 1340. The van der Waals surface area contributed by atoms with E-state index in [4.69, 9.17) is 24.5 Å². The van der Waals surface area contributed by atoms with Gasteiger partial charge in [0.15, 0.2) is 0 Å². The van der Waals surface area contributed by atoms with Crippen molar-refractivity contribution in [3.63, 3.8) is 0 Å². The van der Waals surface area contributed by atoms with E-state index in [1.807, 2.05) is 23.2 Å². The number of aromatic amines is 1. The molecule has 0 fully saturated rings. The van der Waals surface area contributed by atoms with Crippen molar-refractivity contribution >= 4 is 17.8 Å². The molecule has 3 heterocycles. The lowest BCUT2D eigenvalue weighted by Gasteiger charge is -2.19. The van der Waals surface area contributed by atoms with Crippen LogP contribution in [0.1, 0.15) is 27.3 Å². The van der Waals surface area contributed by atoms with Crippen LogP contribution >= 0.6 is 0 Å². The highest BCUT2D eigenvalue weighted by molar-refractivity contribution is 5.92. The van der Waals surface area contributed by atoms with Gasteiger partial charge in [-0.15, -0.1) is 0 Å². The molecular formula is C25H27F6N5O6. The molecule has 0 bridgehead atoms. The van der Waals surface area contributed by atoms with Crippen molar-refractivity contribution < 1.29 is 55.7 Å². The quantitative estimate of drug-likeness (QED) is 0.372. The van der Waals surface area contributed by atoms with Crippen molar-refractivity contribution in [1.29, 1.82) is 0 Å². The number of benzene rings is 1. The van der Waals surface area contributed by atoms with Gasteiger partial charge in [-0.1, -0.05) is 24.3 Å². The van der Waals surface area contributed by atoms with Crippen molar-refractivity contribution in [3.05, 3.63) is 59.0 Å². The van der Waals surface area contributed by atoms with Crippen LogP contribution in [-0.2, 0) is 33.7 Å². The number of hydrogen-bond donors (Lipinski definition) is 3. The molecule has 1 aliphatic rings. The second-order valence-electron chi connectivity index (χ2n) is 8.70. The number of H-pyrrole nitrogens is 1. The number of carbonyl (C=O) groups excluding carboxylic acids is 1. The summed E-state index contributed by atoms with van der Waals surface area (Å²) in [6.45, 7) is 4.63. The monoisotopic (exact) mass is 607 g/mol. The molecule has 1 aromatic carbocycles. The number of rotatable bonds is 5. The van der Waals surface area contributed by atoms with Gasteiger partial charge in [0.1, 0.15) is 5.69 Å². The minimum Gasteiger partial charge on any atom is -0.475 e. The van der Waals surface area contributed by atoms with Crippen molar-refractivity contribution in [3.8, 4) is 11.3 Å². The third kappa shape index (κ3) is 9.60. The first-order valence-electron chi connectivity index (χ1n) is 12.1. The molecule has 42 heavy (non-hydrogen) atoms. The van der Waals surface area contributed by atoms with E-state index in [-0.39, 0.29) is 5.91 Å². The predicted octanol–water partition coefficient (Wildman–Crippen LogP) is 3.74. The van der Waals surface area contributed by atoms with Crippen molar-refractivity contribution in [2.45, 2.75) is 38.7 Å². The van der Waals surface area contributed by atoms with E-state index in [0.29, 0.717) is 31.9 Å². The van der Waals surface area contributed by atoms with Crippen LogP contribution in [0.15, 0.2) is 36.5 Å². The zero-order chi connectivity index (χ0) is 31.7. The number of nitrogens with zero attached hydrogens (tertiary/aromatic N) is 4. The molecule has 2 aromatic heterocycles. The summed E-state index contributed by atoms with van der Waals surface area (Å²) in [7, 11) is 1.65. The number of halogens is 6. The number of alkyl halides is 6. The first-order valence-corrected chi connectivity index (χ1v) is 12.1. The number of ether oxygens (including phenoxy) is 1. The Hall–Kier alpha value is -4.41. The molecule has 0 saturated carbocycles. The number of carboxylic acids is 2. The van der Waals surface area contributed by atoms with Crippen LogP contribution in [0.25, 0.3) is 11.3 Å². The lowest BCUT2D eigenvalue weighted by Crippen LogP contribution is -2.33. The van der Waals surface area contributed by atoms with E-state index in [2.05, 4.69) is 34.4 Å². The number of hydrogen-bond acceptors (Lipinski definition) is 6. The van der Waals surface area contributed by atoms with Gasteiger partial charge in [-0.2, -0.15) is 36.5 Å². The van der Waals surface area contributed by atoms with Crippen LogP contribution in [0.5, 0.6) is 0 Å². The van der Waals surface area contributed by atoms with Crippen LogP contribution in [0, 0.1) is 6.92 Å². The minimum atomic E-state index is -5.08. The molecule has 0 aliphatic carbocycles. The number of carbonyl (C=O) groups is 3. The number of amides is 1. The zero-order valence-electron chi connectivity index (χ0n) is 22.3. The van der Waals surface area contributed by atoms with E-state index in [0.717, 1.165) is 29.8 Å². The van der Waals surface area contributed by atoms with Gasteiger partial charge in [0, 0.05) is 49.6 Å². The zero-order valence-corrected chi connectivity index (χ0v) is 22.3. The molecule has 1 amide bonds. The number of nitrogens with one attached hydrogen (secondary N) is 1. The molecule has 17 heteroatoms. The molecule has 11 nitrogen and oxygen atoms in total. The number of aromatic nitrogens is 4. The third-order valence-electron chi connectivity index (χ3n) is 5.77. The molecule has 230 valence electrons.